The monoisotopic (exact) mass is 456 g/mol. The van der Waals surface area contributed by atoms with Crippen LogP contribution in [0.2, 0.25) is 0 Å². The predicted octanol–water partition coefficient (Wildman–Crippen LogP) is 2.21. The summed E-state index contributed by atoms with van der Waals surface area (Å²) in [6.07, 6.45) is 0. The standard InChI is InChI=1S/C21H20N4O4S2/c1-29-14-8-6-13(7-9-14)25-18-12-31(27,28)11-17(18)23-21(25)30-10-19-22-16-5-3-2-4-15(16)20(26)24-19/h2-9,17-18H,10-12H2,1H3,(H,22,24,26)/t17-,18-/m0/s1. The van der Waals surface area contributed by atoms with E-state index < -0.39 is 9.84 Å². The molecule has 2 aliphatic rings. The topological polar surface area (TPSA) is 105 Å². The average molecular weight is 457 g/mol. The number of aromatic amines is 1. The molecule has 0 spiro atoms. The number of aromatic nitrogens is 2. The average Bonchev–Trinajstić information content (AvgIpc) is 3.23. The smallest absolute Gasteiger partial charge is 0.258 e. The van der Waals surface area contributed by atoms with Crippen LogP contribution in [0, 0.1) is 0 Å². The number of nitrogens with one attached hydrogen (secondary N) is 1. The number of ether oxygens (including phenoxy) is 1. The summed E-state index contributed by atoms with van der Waals surface area (Å²) in [5, 5.41) is 1.28. The number of hydrogen-bond acceptors (Lipinski definition) is 8. The normalized spacial score (nSPS) is 21.8. The lowest BCUT2D eigenvalue weighted by atomic mass is 10.1. The van der Waals surface area contributed by atoms with E-state index in [-0.39, 0.29) is 29.1 Å². The number of thioether (sulfide) groups is 1. The van der Waals surface area contributed by atoms with Crippen LogP contribution in [0.4, 0.5) is 5.69 Å². The molecule has 0 radical (unpaired) electrons. The highest BCUT2D eigenvalue weighted by Gasteiger charge is 2.47. The largest absolute Gasteiger partial charge is 0.497 e. The van der Waals surface area contributed by atoms with Crippen molar-refractivity contribution in [2.45, 2.75) is 17.8 Å². The number of fused-ring (bicyclic) bond motifs is 2. The Kier molecular flexibility index (Phi) is 4.98. The van der Waals surface area contributed by atoms with Gasteiger partial charge in [0.25, 0.3) is 5.56 Å². The van der Waals surface area contributed by atoms with Crippen LogP contribution in [-0.4, -0.2) is 54.3 Å². The molecule has 3 heterocycles. The first-order valence-electron chi connectivity index (χ1n) is 9.76. The van der Waals surface area contributed by atoms with Crippen LogP contribution >= 0.6 is 11.8 Å². The van der Waals surface area contributed by atoms with Crippen molar-refractivity contribution in [1.29, 1.82) is 0 Å². The zero-order valence-corrected chi connectivity index (χ0v) is 18.3. The van der Waals surface area contributed by atoms with Crippen molar-refractivity contribution in [1.82, 2.24) is 9.97 Å². The van der Waals surface area contributed by atoms with Crippen LogP contribution in [0.15, 0.2) is 58.3 Å². The van der Waals surface area contributed by atoms with Crippen molar-refractivity contribution >= 4 is 43.4 Å². The Balaban J connectivity index is 1.44. The van der Waals surface area contributed by atoms with Crippen molar-refractivity contribution in [3.05, 3.63) is 64.7 Å². The number of rotatable bonds is 4. The van der Waals surface area contributed by atoms with Crippen molar-refractivity contribution in [3.63, 3.8) is 0 Å². The van der Waals surface area contributed by atoms with Gasteiger partial charge in [-0.1, -0.05) is 23.9 Å². The molecule has 0 bridgehead atoms. The number of aliphatic imine (C=N–C) groups is 1. The molecule has 5 rings (SSSR count). The lowest BCUT2D eigenvalue weighted by molar-refractivity contribution is 0.415. The fraction of sp³-hybridized carbons (Fsp3) is 0.286. The van der Waals surface area contributed by atoms with Crippen LogP contribution in [-0.2, 0) is 15.6 Å². The summed E-state index contributed by atoms with van der Waals surface area (Å²) in [6.45, 7) is 0. The fourth-order valence-electron chi connectivity index (χ4n) is 4.01. The molecule has 0 unspecified atom stereocenters. The Morgan fingerprint density at radius 1 is 1.16 bits per heavy atom. The minimum Gasteiger partial charge on any atom is -0.497 e. The molecule has 1 saturated heterocycles. The van der Waals surface area contributed by atoms with Crippen molar-refractivity contribution in [2.24, 2.45) is 4.99 Å². The summed E-state index contributed by atoms with van der Waals surface area (Å²) >= 11 is 1.44. The molecule has 31 heavy (non-hydrogen) atoms. The first kappa shape index (κ1) is 20.1. The second kappa shape index (κ2) is 7.69. The highest BCUT2D eigenvalue weighted by Crippen LogP contribution is 2.36. The summed E-state index contributed by atoms with van der Waals surface area (Å²) < 4.78 is 29.6. The van der Waals surface area contributed by atoms with Gasteiger partial charge in [-0.15, -0.1) is 0 Å². The number of nitrogens with zero attached hydrogens (tertiary/aromatic N) is 3. The second-order valence-electron chi connectivity index (χ2n) is 7.51. The number of para-hydroxylation sites is 1. The molecule has 3 aromatic rings. The van der Waals surface area contributed by atoms with Crippen LogP contribution < -0.4 is 15.2 Å². The highest BCUT2D eigenvalue weighted by atomic mass is 32.2. The van der Waals surface area contributed by atoms with Gasteiger partial charge in [-0.05, 0) is 36.4 Å². The Bertz CT molecular complexity index is 1340. The van der Waals surface area contributed by atoms with E-state index in [9.17, 15) is 13.2 Å². The third kappa shape index (κ3) is 3.81. The third-order valence-corrected chi connectivity index (χ3v) is 8.13. The van der Waals surface area contributed by atoms with E-state index in [0.717, 1.165) is 16.6 Å². The minimum atomic E-state index is -3.12. The van der Waals surface area contributed by atoms with E-state index in [1.807, 2.05) is 41.3 Å². The van der Waals surface area contributed by atoms with Crippen molar-refractivity contribution < 1.29 is 13.2 Å². The second-order valence-corrected chi connectivity index (χ2v) is 10.6. The van der Waals surface area contributed by atoms with Crippen LogP contribution in [0.3, 0.4) is 0 Å². The molecule has 8 nitrogen and oxygen atoms in total. The van der Waals surface area contributed by atoms with Gasteiger partial charge >= 0.3 is 0 Å². The minimum absolute atomic E-state index is 0.0550. The first-order chi connectivity index (χ1) is 14.9. The molecule has 0 aliphatic carbocycles. The van der Waals surface area contributed by atoms with E-state index in [1.54, 1.807) is 19.2 Å². The van der Waals surface area contributed by atoms with Gasteiger partial charge in [-0.3, -0.25) is 9.79 Å². The molecule has 2 aliphatic heterocycles. The molecule has 160 valence electrons. The molecule has 10 heteroatoms. The maximum atomic E-state index is 12.3. The lowest BCUT2D eigenvalue weighted by Crippen LogP contribution is -2.39. The van der Waals surface area contributed by atoms with Crippen LogP contribution in [0.5, 0.6) is 5.75 Å². The molecule has 2 aromatic carbocycles. The number of sulfone groups is 1. The summed E-state index contributed by atoms with van der Waals surface area (Å²) in [4.78, 5) is 26.4. The SMILES string of the molecule is COc1ccc(N2C(SCc3nc4ccccc4c(=O)[nH]3)=N[C@H]3CS(=O)(=O)C[C@@H]32)cc1. The highest BCUT2D eigenvalue weighted by molar-refractivity contribution is 8.13. The van der Waals surface area contributed by atoms with E-state index in [2.05, 4.69) is 9.97 Å². The molecule has 1 fully saturated rings. The molecule has 2 atom stereocenters. The fourth-order valence-corrected chi connectivity index (χ4v) is 6.85. The molecule has 1 N–H and O–H groups in total. The van der Waals surface area contributed by atoms with Crippen molar-refractivity contribution in [2.75, 3.05) is 23.5 Å². The zero-order chi connectivity index (χ0) is 21.6. The molecule has 0 saturated carbocycles. The van der Waals surface area contributed by atoms with E-state index >= 15 is 0 Å². The van der Waals surface area contributed by atoms with Gasteiger partial charge in [-0.25, -0.2) is 13.4 Å². The summed E-state index contributed by atoms with van der Waals surface area (Å²) in [5.41, 5.74) is 1.33. The van der Waals surface area contributed by atoms with E-state index in [0.29, 0.717) is 22.5 Å². The molecule has 1 aromatic heterocycles. The Hall–Kier alpha value is -2.85. The van der Waals surface area contributed by atoms with E-state index in [1.165, 1.54) is 11.8 Å². The molecule has 0 amide bonds. The summed E-state index contributed by atoms with van der Waals surface area (Å²) in [6, 6.07) is 14.2. The zero-order valence-electron chi connectivity index (χ0n) is 16.7. The number of methoxy groups -OCH3 is 1. The summed E-state index contributed by atoms with van der Waals surface area (Å²) in [5.74, 6) is 1.82. The Labute approximate surface area is 183 Å². The van der Waals surface area contributed by atoms with E-state index in [4.69, 9.17) is 9.73 Å². The lowest BCUT2D eigenvalue weighted by Gasteiger charge is -2.26. The number of benzene rings is 2. The Morgan fingerprint density at radius 2 is 1.94 bits per heavy atom. The predicted molar refractivity (Wildman–Crippen MR) is 123 cm³/mol. The number of H-pyrrole nitrogens is 1. The van der Waals surface area contributed by atoms with Crippen LogP contribution in [0.25, 0.3) is 10.9 Å². The number of anilines is 1. The van der Waals surface area contributed by atoms with Gasteiger partial charge < -0.3 is 14.6 Å². The quantitative estimate of drug-likeness (QED) is 0.642. The Morgan fingerprint density at radius 3 is 2.71 bits per heavy atom. The molecular formula is C21H20N4O4S2. The van der Waals surface area contributed by atoms with Gasteiger partial charge in [-0.2, -0.15) is 0 Å². The van der Waals surface area contributed by atoms with Gasteiger partial charge in [0.1, 0.15) is 11.6 Å². The van der Waals surface area contributed by atoms with Gasteiger partial charge in [0.15, 0.2) is 15.0 Å². The first-order valence-corrected chi connectivity index (χ1v) is 12.6. The maximum absolute atomic E-state index is 12.3. The third-order valence-electron chi connectivity index (χ3n) is 5.46. The van der Waals surface area contributed by atoms with Gasteiger partial charge in [0.2, 0.25) is 0 Å². The number of hydrogen-bond donors (Lipinski definition) is 1. The maximum Gasteiger partial charge on any atom is 0.258 e. The van der Waals surface area contributed by atoms with Crippen LogP contribution in [0.1, 0.15) is 5.82 Å². The number of amidine groups is 1. The van der Waals surface area contributed by atoms with Crippen molar-refractivity contribution in [3.8, 4) is 5.75 Å². The summed E-state index contributed by atoms with van der Waals surface area (Å²) in [7, 11) is -1.52. The van der Waals surface area contributed by atoms with Gasteiger partial charge in [0, 0.05) is 5.69 Å². The van der Waals surface area contributed by atoms with Gasteiger partial charge in [0.05, 0.1) is 47.4 Å². The molecular weight excluding hydrogens is 436 g/mol.